The Bertz CT molecular complexity index is 1480. The van der Waals surface area contributed by atoms with Crippen molar-refractivity contribution in [2.45, 2.75) is 13.3 Å². The number of anilines is 1. The first-order valence-corrected chi connectivity index (χ1v) is 11.2. The summed E-state index contributed by atoms with van der Waals surface area (Å²) in [4.78, 5) is 30.5. The van der Waals surface area contributed by atoms with Gasteiger partial charge in [-0.1, -0.05) is 6.07 Å². The Balaban J connectivity index is 1.77. The lowest BCUT2D eigenvalue weighted by atomic mass is 10.2. The van der Waals surface area contributed by atoms with Gasteiger partial charge in [-0.3, -0.25) is 9.69 Å². The third kappa shape index (κ3) is 6.11. The van der Waals surface area contributed by atoms with Gasteiger partial charge in [0.2, 0.25) is 5.43 Å². The average molecular weight is 529 g/mol. The van der Waals surface area contributed by atoms with Gasteiger partial charge in [0, 0.05) is 30.1 Å². The third-order valence-corrected chi connectivity index (χ3v) is 5.20. The summed E-state index contributed by atoms with van der Waals surface area (Å²) >= 11 is 0. The van der Waals surface area contributed by atoms with Crippen LogP contribution in [0.4, 0.5) is 29.3 Å². The zero-order valence-corrected chi connectivity index (χ0v) is 20.2. The zero-order chi connectivity index (χ0) is 27.4. The number of rotatable bonds is 7. The van der Waals surface area contributed by atoms with Gasteiger partial charge in [0.25, 0.3) is 0 Å². The maximum atomic E-state index is 12.8. The van der Waals surface area contributed by atoms with Crippen LogP contribution in [0, 0.1) is 0 Å². The molecule has 0 aliphatic carbocycles. The SMILES string of the molecule is COc1cc(N2CCOC2=O)ccc1-n1ccc(=O)c(C(C=C(C)N)=Nc2cccc(OC(F)(F)F)c2)n1. The highest BCUT2D eigenvalue weighted by atomic mass is 19.4. The van der Waals surface area contributed by atoms with Crippen molar-refractivity contribution in [3.05, 3.63) is 82.4 Å². The first-order valence-electron chi connectivity index (χ1n) is 11.2. The molecule has 1 aliphatic heterocycles. The molecule has 1 amide bonds. The van der Waals surface area contributed by atoms with Crippen molar-refractivity contribution < 1.29 is 32.2 Å². The molecule has 0 spiro atoms. The fourth-order valence-corrected chi connectivity index (χ4v) is 3.63. The van der Waals surface area contributed by atoms with Crippen LogP contribution < -0.4 is 25.5 Å². The molecule has 1 fully saturated rings. The number of cyclic esters (lactones) is 1. The van der Waals surface area contributed by atoms with Crippen LogP contribution in [0.3, 0.4) is 0 Å². The molecule has 2 N–H and O–H groups in total. The molecule has 0 bridgehead atoms. The molecule has 0 atom stereocenters. The third-order valence-electron chi connectivity index (χ3n) is 5.20. The molecule has 2 aromatic carbocycles. The van der Waals surface area contributed by atoms with E-state index in [1.807, 2.05) is 0 Å². The molecule has 1 aromatic heterocycles. The molecule has 10 nitrogen and oxygen atoms in total. The minimum atomic E-state index is -4.88. The molecule has 3 aromatic rings. The average Bonchev–Trinajstić information content (AvgIpc) is 3.28. The van der Waals surface area contributed by atoms with E-state index in [0.29, 0.717) is 23.7 Å². The number of methoxy groups -OCH3 is 1. The summed E-state index contributed by atoms with van der Waals surface area (Å²) in [6, 6.07) is 11.2. The van der Waals surface area contributed by atoms with Gasteiger partial charge in [-0.15, -0.1) is 13.2 Å². The van der Waals surface area contributed by atoms with Crippen LogP contribution in [0.1, 0.15) is 12.6 Å². The van der Waals surface area contributed by atoms with E-state index in [2.05, 4.69) is 14.8 Å². The van der Waals surface area contributed by atoms with Crippen LogP contribution >= 0.6 is 0 Å². The number of alkyl halides is 3. The fourth-order valence-electron chi connectivity index (χ4n) is 3.63. The van der Waals surface area contributed by atoms with Crippen LogP contribution in [0.2, 0.25) is 0 Å². The topological polar surface area (TPSA) is 121 Å². The molecular weight excluding hydrogens is 507 g/mol. The number of hydrogen-bond donors (Lipinski definition) is 1. The zero-order valence-electron chi connectivity index (χ0n) is 20.2. The van der Waals surface area contributed by atoms with Gasteiger partial charge in [0.1, 0.15) is 23.8 Å². The van der Waals surface area contributed by atoms with Gasteiger partial charge in [-0.2, -0.15) is 5.10 Å². The maximum absolute atomic E-state index is 12.8. The first kappa shape index (κ1) is 26.3. The van der Waals surface area contributed by atoms with Crippen molar-refractivity contribution in [2.24, 2.45) is 10.7 Å². The number of aliphatic imine (C=N–C) groups is 1. The normalized spacial score (nSPS) is 14.4. The monoisotopic (exact) mass is 529 g/mol. The molecule has 0 saturated carbocycles. The van der Waals surface area contributed by atoms with Gasteiger partial charge in [0.05, 0.1) is 30.7 Å². The number of benzene rings is 2. The molecule has 4 rings (SSSR count). The van der Waals surface area contributed by atoms with Gasteiger partial charge in [-0.25, -0.2) is 14.5 Å². The van der Waals surface area contributed by atoms with Gasteiger partial charge < -0.3 is 19.9 Å². The van der Waals surface area contributed by atoms with E-state index in [0.717, 1.165) is 12.1 Å². The van der Waals surface area contributed by atoms with Crippen molar-refractivity contribution in [3.8, 4) is 17.2 Å². The van der Waals surface area contributed by atoms with Crippen molar-refractivity contribution >= 4 is 23.2 Å². The molecule has 38 heavy (non-hydrogen) atoms. The minimum Gasteiger partial charge on any atom is -0.494 e. The van der Waals surface area contributed by atoms with E-state index >= 15 is 0 Å². The second-order valence-electron chi connectivity index (χ2n) is 8.03. The molecular formula is C25H22F3N5O5. The van der Waals surface area contributed by atoms with Gasteiger partial charge >= 0.3 is 12.5 Å². The largest absolute Gasteiger partial charge is 0.573 e. The smallest absolute Gasteiger partial charge is 0.494 e. The number of halogens is 3. The van der Waals surface area contributed by atoms with E-state index in [9.17, 15) is 22.8 Å². The van der Waals surface area contributed by atoms with Crippen molar-refractivity contribution in [1.82, 2.24) is 9.78 Å². The number of aromatic nitrogens is 2. The highest BCUT2D eigenvalue weighted by Gasteiger charge is 2.31. The summed E-state index contributed by atoms with van der Waals surface area (Å²) in [6.07, 6.45) is -2.55. The minimum absolute atomic E-state index is 0.0175. The number of allylic oxidation sites excluding steroid dienone is 2. The molecule has 1 aliphatic rings. The maximum Gasteiger partial charge on any atom is 0.573 e. The Morgan fingerprint density at radius 1 is 1.18 bits per heavy atom. The van der Waals surface area contributed by atoms with Crippen molar-refractivity contribution in [3.63, 3.8) is 0 Å². The van der Waals surface area contributed by atoms with Crippen LogP contribution in [-0.4, -0.2) is 48.2 Å². The Hall–Kier alpha value is -4.81. The molecule has 1 saturated heterocycles. The summed E-state index contributed by atoms with van der Waals surface area (Å²) < 4.78 is 53.8. The Labute approximate surface area is 214 Å². The Morgan fingerprint density at radius 2 is 1.97 bits per heavy atom. The number of carbonyl (C=O) groups is 1. The van der Waals surface area contributed by atoms with Crippen molar-refractivity contribution in [2.75, 3.05) is 25.2 Å². The molecule has 198 valence electrons. The van der Waals surface area contributed by atoms with Crippen LogP contribution in [0.5, 0.6) is 11.5 Å². The first-order chi connectivity index (χ1) is 18.0. The molecule has 13 heteroatoms. The van der Waals surface area contributed by atoms with E-state index in [-0.39, 0.29) is 29.4 Å². The fraction of sp³-hybridized carbons (Fsp3) is 0.200. The molecule has 2 heterocycles. The van der Waals surface area contributed by atoms with E-state index in [4.69, 9.17) is 15.2 Å². The number of ether oxygens (including phenoxy) is 3. The van der Waals surface area contributed by atoms with Crippen LogP contribution in [0.25, 0.3) is 5.69 Å². The highest BCUT2D eigenvalue weighted by Crippen LogP contribution is 2.30. The highest BCUT2D eigenvalue weighted by molar-refractivity contribution is 6.08. The second kappa shape index (κ2) is 10.7. The number of carbonyl (C=O) groups excluding carboxylic acids is 1. The quantitative estimate of drug-likeness (QED) is 0.458. The number of nitrogens with two attached hydrogens (primary N) is 1. The van der Waals surface area contributed by atoms with Crippen LogP contribution in [0.15, 0.2) is 76.3 Å². The van der Waals surface area contributed by atoms with Gasteiger partial charge in [0.15, 0.2) is 5.69 Å². The Kier molecular flexibility index (Phi) is 7.37. The van der Waals surface area contributed by atoms with Crippen molar-refractivity contribution in [1.29, 1.82) is 0 Å². The summed E-state index contributed by atoms with van der Waals surface area (Å²) in [5, 5.41) is 4.40. The van der Waals surface area contributed by atoms with Crippen LogP contribution in [-0.2, 0) is 4.74 Å². The Morgan fingerprint density at radius 3 is 2.63 bits per heavy atom. The lowest BCUT2D eigenvalue weighted by Crippen LogP contribution is -2.23. The predicted octanol–water partition coefficient (Wildman–Crippen LogP) is 4.08. The summed E-state index contributed by atoms with van der Waals surface area (Å²) in [5.74, 6) is -0.123. The lowest BCUT2D eigenvalue weighted by molar-refractivity contribution is -0.274. The number of hydrogen-bond acceptors (Lipinski definition) is 8. The van der Waals surface area contributed by atoms with E-state index in [1.54, 1.807) is 25.1 Å². The number of nitrogens with zero attached hydrogens (tertiary/aromatic N) is 4. The molecule has 0 unspecified atom stereocenters. The number of amides is 1. The lowest BCUT2D eigenvalue weighted by Gasteiger charge is -2.17. The molecule has 0 radical (unpaired) electrons. The standard InChI is InChI=1S/C25H22F3N5O5/c1-15(29)12-19(30-16-4-3-5-18(13-16)38-25(26,27)28)23-21(34)8-9-33(31-23)20-7-6-17(14-22(20)36-2)32-10-11-37-24(32)35/h3-9,12-14H,10-11,29H2,1-2H3. The van der Waals surface area contributed by atoms with Gasteiger partial charge in [-0.05, 0) is 37.3 Å². The summed E-state index contributed by atoms with van der Waals surface area (Å²) in [6.45, 7) is 2.22. The van der Waals surface area contributed by atoms with E-state index < -0.39 is 23.6 Å². The summed E-state index contributed by atoms with van der Waals surface area (Å²) in [5.41, 5.74) is 6.59. The second-order valence-corrected chi connectivity index (χ2v) is 8.03. The summed E-state index contributed by atoms with van der Waals surface area (Å²) in [7, 11) is 1.44. The predicted molar refractivity (Wildman–Crippen MR) is 132 cm³/mol. The van der Waals surface area contributed by atoms with E-state index in [1.165, 1.54) is 47.2 Å².